The lowest BCUT2D eigenvalue weighted by Crippen LogP contribution is -2.26. The Labute approximate surface area is 142 Å². The lowest BCUT2D eigenvalue weighted by molar-refractivity contribution is -0.117. The van der Waals surface area contributed by atoms with Gasteiger partial charge in [-0.25, -0.2) is 0 Å². The molecular weight excluding hydrogens is 300 g/mol. The number of carbonyl (C=O) groups is 2. The predicted octanol–water partition coefficient (Wildman–Crippen LogP) is 3.46. The molecule has 0 bridgehead atoms. The Kier molecular flexibility index (Phi) is 6.32. The number of benzene rings is 2. The summed E-state index contributed by atoms with van der Waals surface area (Å²) in [5.41, 5.74) is 3.96. The molecule has 0 aliphatic rings. The van der Waals surface area contributed by atoms with Gasteiger partial charge in [0.1, 0.15) is 0 Å². The fraction of sp³-hybridized carbons (Fsp3) is 0.200. The number of hydrogen-bond acceptors (Lipinski definition) is 2. The van der Waals surface area contributed by atoms with Crippen molar-refractivity contribution in [3.05, 3.63) is 71.3 Å². The van der Waals surface area contributed by atoms with Crippen molar-refractivity contribution in [2.45, 2.75) is 20.3 Å². The molecule has 0 saturated carbocycles. The number of amides is 2. The molecule has 2 aromatic rings. The fourth-order valence-corrected chi connectivity index (χ4v) is 2.19. The van der Waals surface area contributed by atoms with E-state index < -0.39 is 0 Å². The molecule has 2 aromatic carbocycles. The molecule has 0 atom stereocenters. The minimum absolute atomic E-state index is 0.115. The molecule has 0 saturated heterocycles. The van der Waals surface area contributed by atoms with E-state index in [4.69, 9.17) is 0 Å². The van der Waals surface area contributed by atoms with E-state index in [2.05, 4.69) is 10.6 Å². The molecule has 24 heavy (non-hydrogen) atoms. The van der Waals surface area contributed by atoms with Crippen molar-refractivity contribution in [3.8, 4) is 0 Å². The minimum atomic E-state index is -0.210. The third-order valence-corrected chi connectivity index (χ3v) is 3.76. The average molecular weight is 322 g/mol. The summed E-state index contributed by atoms with van der Waals surface area (Å²) in [6.45, 7) is 4.28. The van der Waals surface area contributed by atoms with Gasteiger partial charge in [0.2, 0.25) is 11.8 Å². The Balaban J connectivity index is 1.75. The van der Waals surface area contributed by atoms with Crippen LogP contribution in [0.15, 0.2) is 54.6 Å². The van der Waals surface area contributed by atoms with Crippen LogP contribution < -0.4 is 10.6 Å². The number of hydrogen-bond donors (Lipinski definition) is 2. The molecule has 124 valence electrons. The van der Waals surface area contributed by atoms with Gasteiger partial charge in [-0.3, -0.25) is 9.59 Å². The van der Waals surface area contributed by atoms with Gasteiger partial charge in [0.05, 0.1) is 0 Å². The van der Waals surface area contributed by atoms with Crippen molar-refractivity contribution in [1.82, 2.24) is 5.32 Å². The van der Waals surface area contributed by atoms with Crippen LogP contribution in [0.3, 0.4) is 0 Å². The maximum atomic E-state index is 12.0. The van der Waals surface area contributed by atoms with Gasteiger partial charge in [-0.1, -0.05) is 42.5 Å². The van der Waals surface area contributed by atoms with Crippen molar-refractivity contribution >= 4 is 23.6 Å². The van der Waals surface area contributed by atoms with Crippen LogP contribution in [0.5, 0.6) is 0 Å². The Morgan fingerprint density at radius 1 is 1.00 bits per heavy atom. The molecule has 2 rings (SSSR count). The predicted molar refractivity (Wildman–Crippen MR) is 97.6 cm³/mol. The number of rotatable bonds is 6. The van der Waals surface area contributed by atoms with Crippen LogP contribution in [0.4, 0.5) is 5.69 Å². The minimum Gasteiger partial charge on any atom is -0.352 e. The van der Waals surface area contributed by atoms with E-state index in [0.717, 1.165) is 22.4 Å². The fourth-order valence-electron chi connectivity index (χ4n) is 2.19. The van der Waals surface area contributed by atoms with E-state index >= 15 is 0 Å². The van der Waals surface area contributed by atoms with E-state index in [1.54, 1.807) is 6.08 Å². The van der Waals surface area contributed by atoms with Crippen molar-refractivity contribution in [2.75, 3.05) is 11.9 Å². The molecule has 0 fully saturated rings. The maximum Gasteiger partial charge on any atom is 0.244 e. The number of carbonyl (C=O) groups excluding carboxylic acids is 2. The van der Waals surface area contributed by atoms with E-state index in [0.29, 0.717) is 6.54 Å². The highest BCUT2D eigenvalue weighted by Crippen LogP contribution is 2.17. The van der Waals surface area contributed by atoms with Crippen LogP contribution in [0.1, 0.15) is 23.1 Å². The normalized spacial score (nSPS) is 10.6. The lowest BCUT2D eigenvalue weighted by atomic mass is 10.1. The number of anilines is 1. The molecule has 4 nitrogen and oxygen atoms in total. The van der Waals surface area contributed by atoms with E-state index in [1.165, 1.54) is 6.08 Å². The number of aryl methyl sites for hydroxylation is 1. The standard InChI is InChI=1S/C20H22N2O2/c1-15-7-6-10-18(16(15)2)22-20(24)13-14-21-19(23)12-11-17-8-4-3-5-9-17/h3-12H,13-14H2,1-2H3,(H,21,23)(H,22,24)/b12-11+. The molecule has 0 radical (unpaired) electrons. The van der Waals surface area contributed by atoms with Gasteiger partial charge in [-0.15, -0.1) is 0 Å². The Bertz CT molecular complexity index is 737. The van der Waals surface area contributed by atoms with Crippen molar-refractivity contribution < 1.29 is 9.59 Å². The van der Waals surface area contributed by atoms with E-state index in [-0.39, 0.29) is 18.2 Å². The molecule has 0 aromatic heterocycles. The van der Waals surface area contributed by atoms with Crippen molar-refractivity contribution in [2.24, 2.45) is 0 Å². The van der Waals surface area contributed by atoms with Gasteiger partial charge in [0, 0.05) is 24.7 Å². The van der Waals surface area contributed by atoms with Gasteiger partial charge < -0.3 is 10.6 Å². The molecule has 0 aliphatic heterocycles. The highest BCUT2D eigenvalue weighted by molar-refractivity contribution is 5.94. The lowest BCUT2D eigenvalue weighted by Gasteiger charge is -2.10. The summed E-state index contributed by atoms with van der Waals surface area (Å²) in [5, 5.41) is 5.58. The Morgan fingerprint density at radius 3 is 2.50 bits per heavy atom. The zero-order valence-electron chi connectivity index (χ0n) is 14.0. The summed E-state index contributed by atoms with van der Waals surface area (Å²) in [7, 11) is 0. The first-order chi connectivity index (χ1) is 11.6. The van der Waals surface area contributed by atoms with Crippen LogP contribution >= 0.6 is 0 Å². The van der Waals surface area contributed by atoms with Crippen LogP contribution in [-0.4, -0.2) is 18.4 Å². The maximum absolute atomic E-state index is 12.0. The highest BCUT2D eigenvalue weighted by atomic mass is 16.2. The van der Waals surface area contributed by atoms with E-state index in [1.807, 2.05) is 62.4 Å². The summed E-state index contributed by atoms with van der Waals surface area (Å²) in [5.74, 6) is -0.325. The zero-order valence-corrected chi connectivity index (χ0v) is 14.0. The quantitative estimate of drug-likeness (QED) is 0.800. The SMILES string of the molecule is Cc1cccc(NC(=O)CCNC(=O)/C=C/c2ccccc2)c1C. The van der Waals surface area contributed by atoms with Crippen LogP contribution in [0.25, 0.3) is 6.08 Å². The molecule has 0 spiro atoms. The van der Waals surface area contributed by atoms with Gasteiger partial charge in [-0.05, 0) is 42.7 Å². The smallest absolute Gasteiger partial charge is 0.244 e. The van der Waals surface area contributed by atoms with Gasteiger partial charge in [0.15, 0.2) is 0 Å². The van der Waals surface area contributed by atoms with E-state index in [9.17, 15) is 9.59 Å². The van der Waals surface area contributed by atoms with Crippen LogP contribution in [0, 0.1) is 13.8 Å². The molecule has 2 amide bonds. The molecule has 0 unspecified atom stereocenters. The Morgan fingerprint density at radius 2 is 1.75 bits per heavy atom. The zero-order chi connectivity index (χ0) is 17.4. The largest absolute Gasteiger partial charge is 0.352 e. The van der Waals surface area contributed by atoms with Crippen molar-refractivity contribution in [1.29, 1.82) is 0 Å². The molecule has 4 heteroatoms. The topological polar surface area (TPSA) is 58.2 Å². The number of nitrogens with one attached hydrogen (secondary N) is 2. The van der Waals surface area contributed by atoms with Crippen LogP contribution in [0.2, 0.25) is 0 Å². The summed E-state index contributed by atoms with van der Waals surface area (Å²) >= 11 is 0. The average Bonchev–Trinajstić information content (AvgIpc) is 2.58. The highest BCUT2D eigenvalue weighted by Gasteiger charge is 2.06. The second-order valence-corrected chi connectivity index (χ2v) is 5.58. The summed E-state index contributed by atoms with van der Waals surface area (Å²) in [6, 6.07) is 15.4. The van der Waals surface area contributed by atoms with Crippen LogP contribution in [-0.2, 0) is 9.59 Å². The first-order valence-corrected chi connectivity index (χ1v) is 7.93. The molecular formula is C20H22N2O2. The van der Waals surface area contributed by atoms with Gasteiger partial charge in [-0.2, -0.15) is 0 Å². The second kappa shape index (κ2) is 8.67. The van der Waals surface area contributed by atoms with Gasteiger partial charge in [0.25, 0.3) is 0 Å². The third-order valence-electron chi connectivity index (χ3n) is 3.76. The first-order valence-electron chi connectivity index (χ1n) is 7.93. The summed E-state index contributed by atoms with van der Waals surface area (Å²) < 4.78 is 0. The third kappa shape index (κ3) is 5.39. The van der Waals surface area contributed by atoms with Gasteiger partial charge >= 0.3 is 0 Å². The molecule has 0 aliphatic carbocycles. The van der Waals surface area contributed by atoms with Crippen molar-refractivity contribution in [3.63, 3.8) is 0 Å². The Hall–Kier alpha value is -2.88. The summed E-state index contributed by atoms with van der Waals surface area (Å²) in [6.07, 6.45) is 3.45. The monoisotopic (exact) mass is 322 g/mol. The molecule has 2 N–H and O–H groups in total. The first kappa shape index (κ1) is 17.5. The molecule has 0 heterocycles. The summed E-state index contributed by atoms with van der Waals surface area (Å²) in [4.78, 5) is 23.7. The second-order valence-electron chi connectivity index (χ2n) is 5.58.